The van der Waals surface area contributed by atoms with Crippen LogP contribution in [0.1, 0.15) is 12.5 Å². The second-order valence-corrected chi connectivity index (χ2v) is 7.29. The largest absolute Gasteiger partial charge is 0.353 e. The number of allylic oxidation sites excluding steroid dienone is 1. The number of nitrogens with one attached hydrogen (secondary N) is 2. The van der Waals surface area contributed by atoms with Crippen molar-refractivity contribution in [3.05, 3.63) is 96.0 Å². The molecule has 31 heavy (non-hydrogen) atoms. The summed E-state index contributed by atoms with van der Waals surface area (Å²) in [6.45, 7) is 6.23. The van der Waals surface area contributed by atoms with Gasteiger partial charge in [0.05, 0.1) is 11.0 Å². The molecule has 0 radical (unpaired) electrons. The van der Waals surface area contributed by atoms with E-state index < -0.39 is 0 Å². The molecule has 0 amide bonds. The maximum atomic E-state index is 4.61. The van der Waals surface area contributed by atoms with Crippen LogP contribution in [0.4, 0.5) is 0 Å². The lowest BCUT2D eigenvalue weighted by Crippen LogP contribution is -2.23. The minimum atomic E-state index is 0.853. The SMILES string of the molecule is C=C(/C=c1/c(-c2cc3c(-c4cccnc4)cccc3[nH]2)n[nH]/c1=C/C)c1cccnc1. The quantitative estimate of drug-likeness (QED) is 0.470. The first-order valence-electron chi connectivity index (χ1n) is 10.1. The number of aromatic nitrogens is 5. The van der Waals surface area contributed by atoms with Crippen LogP contribution in [0.15, 0.2) is 79.9 Å². The zero-order chi connectivity index (χ0) is 21.2. The molecule has 0 saturated carbocycles. The number of fused-ring (bicyclic) bond motifs is 1. The van der Waals surface area contributed by atoms with Gasteiger partial charge in [0, 0.05) is 46.5 Å². The molecule has 1 aromatic carbocycles. The fourth-order valence-electron chi connectivity index (χ4n) is 3.80. The average molecular weight is 403 g/mol. The lowest BCUT2D eigenvalue weighted by molar-refractivity contribution is 1.06. The number of pyridine rings is 2. The summed E-state index contributed by atoms with van der Waals surface area (Å²) in [6, 6.07) is 16.3. The topological polar surface area (TPSA) is 70.2 Å². The number of H-pyrrole nitrogens is 2. The van der Waals surface area contributed by atoms with E-state index in [0.29, 0.717) is 0 Å². The number of benzene rings is 1. The molecule has 4 heterocycles. The Balaban J connectivity index is 1.68. The summed E-state index contributed by atoms with van der Waals surface area (Å²) in [4.78, 5) is 12.0. The summed E-state index contributed by atoms with van der Waals surface area (Å²) in [6.07, 6.45) is 11.3. The van der Waals surface area contributed by atoms with Crippen LogP contribution in [0, 0.1) is 0 Å². The highest BCUT2D eigenvalue weighted by atomic mass is 15.1. The van der Waals surface area contributed by atoms with Crippen molar-refractivity contribution in [2.45, 2.75) is 6.92 Å². The minimum Gasteiger partial charge on any atom is -0.353 e. The zero-order valence-corrected chi connectivity index (χ0v) is 17.1. The predicted octanol–water partition coefficient (Wildman–Crippen LogP) is 4.31. The third-order valence-electron chi connectivity index (χ3n) is 5.36. The van der Waals surface area contributed by atoms with Gasteiger partial charge in [0.15, 0.2) is 0 Å². The van der Waals surface area contributed by atoms with Gasteiger partial charge in [0.2, 0.25) is 0 Å². The first-order chi connectivity index (χ1) is 15.2. The van der Waals surface area contributed by atoms with E-state index in [1.165, 1.54) is 0 Å². The summed E-state index contributed by atoms with van der Waals surface area (Å²) < 4.78 is 0. The van der Waals surface area contributed by atoms with E-state index in [1.807, 2.05) is 43.6 Å². The van der Waals surface area contributed by atoms with E-state index in [2.05, 4.69) is 68.1 Å². The molecule has 0 aliphatic rings. The van der Waals surface area contributed by atoms with Crippen molar-refractivity contribution in [3.8, 4) is 22.5 Å². The van der Waals surface area contributed by atoms with Crippen molar-refractivity contribution in [2.24, 2.45) is 0 Å². The van der Waals surface area contributed by atoms with E-state index in [1.54, 1.807) is 12.4 Å². The van der Waals surface area contributed by atoms with Gasteiger partial charge in [-0.2, -0.15) is 5.10 Å². The standard InChI is InChI=1S/C26H21N5/c1-3-23-22(13-17(2)18-7-5-11-27-15-18)26(31-30-23)25-14-21-20(9-4-10-24(21)29-25)19-8-6-12-28-16-19/h3-16,29-30H,2H2,1H3/b22-13+,23-3+. The van der Waals surface area contributed by atoms with Crippen LogP contribution in [-0.4, -0.2) is 25.1 Å². The van der Waals surface area contributed by atoms with E-state index in [9.17, 15) is 0 Å². The maximum absolute atomic E-state index is 4.61. The van der Waals surface area contributed by atoms with Crippen LogP contribution in [0.25, 0.3) is 51.1 Å². The summed E-state index contributed by atoms with van der Waals surface area (Å²) in [7, 11) is 0. The average Bonchev–Trinajstić information content (AvgIpc) is 3.43. The second kappa shape index (κ2) is 7.88. The van der Waals surface area contributed by atoms with Crippen molar-refractivity contribution >= 4 is 28.6 Å². The van der Waals surface area contributed by atoms with E-state index in [0.717, 1.165) is 55.1 Å². The Morgan fingerprint density at radius 1 is 1.00 bits per heavy atom. The molecule has 5 heteroatoms. The molecule has 0 saturated heterocycles. The van der Waals surface area contributed by atoms with E-state index in [-0.39, 0.29) is 0 Å². The molecule has 0 atom stereocenters. The molecular weight excluding hydrogens is 382 g/mol. The van der Waals surface area contributed by atoms with Gasteiger partial charge in [0.1, 0.15) is 5.69 Å². The summed E-state index contributed by atoms with van der Waals surface area (Å²) >= 11 is 0. The summed E-state index contributed by atoms with van der Waals surface area (Å²) in [5, 5.41) is 10.8. The van der Waals surface area contributed by atoms with Gasteiger partial charge in [-0.15, -0.1) is 0 Å². The molecule has 5 nitrogen and oxygen atoms in total. The smallest absolute Gasteiger partial charge is 0.116 e. The van der Waals surface area contributed by atoms with Crippen molar-refractivity contribution in [2.75, 3.05) is 0 Å². The predicted molar refractivity (Wildman–Crippen MR) is 126 cm³/mol. The Labute approximate surface area is 179 Å². The Morgan fingerprint density at radius 3 is 2.58 bits per heavy atom. The van der Waals surface area contributed by atoms with Crippen molar-refractivity contribution < 1.29 is 0 Å². The number of hydrogen-bond acceptors (Lipinski definition) is 3. The summed E-state index contributed by atoms with van der Waals surface area (Å²) in [5.41, 5.74) is 6.93. The van der Waals surface area contributed by atoms with Crippen molar-refractivity contribution in [1.82, 2.24) is 25.1 Å². The molecule has 5 aromatic rings. The van der Waals surface area contributed by atoms with Crippen LogP contribution in [0.3, 0.4) is 0 Å². The maximum Gasteiger partial charge on any atom is 0.116 e. The van der Waals surface area contributed by atoms with Crippen molar-refractivity contribution in [3.63, 3.8) is 0 Å². The fraction of sp³-hybridized carbons (Fsp3) is 0.0385. The minimum absolute atomic E-state index is 0.853. The third kappa shape index (κ3) is 3.46. The Hall–Kier alpha value is -4.25. The van der Waals surface area contributed by atoms with Gasteiger partial charge in [-0.1, -0.05) is 36.9 Å². The number of rotatable bonds is 4. The van der Waals surface area contributed by atoms with Crippen LogP contribution in [0.5, 0.6) is 0 Å². The second-order valence-electron chi connectivity index (χ2n) is 7.29. The molecule has 0 fully saturated rings. The fourth-order valence-corrected chi connectivity index (χ4v) is 3.80. The molecule has 0 unspecified atom stereocenters. The number of aromatic amines is 2. The molecule has 150 valence electrons. The van der Waals surface area contributed by atoms with Gasteiger partial charge >= 0.3 is 0 Å². The van der Waals surface area contributed by atoms with E-state index in [4.69, 9.17) is 0 Å². The van der Waals surface area contributed by atoms with Gasteiger partial charge in [-0.3, -0.25) is 15.1 Å². The van der Waals surface area contributed by atoms with Gasteiger partial charge < -0.3 is 4.98 Å². The highest BCUT2D eigenvalue weighted by molar-refractivity contribution is 5.98. The first-order valence-corrected chi connectivity index (χ1v) is 10.1. The van der Waals surface area contributed by atoms with Gasteiger partial charge in [-0.05, 0) is 54.0 Å². The van der Waals surface area contributed by atoms with Crippen LogP contribution in [-0.2, 0) is 0 Å². The molecule has 0 aliphatic heterocycles. The number of hydrogen-bond donors (Lipinski definition) is 2. The van der Waals surface area contributed by atoms with Gasteiger partial charge in [0.25, 0.3) is 0 Å². The lowest BCUT2D eigenvalue weighted by Gasteiger charge is -2.02. The molecule has 5 rings (SSSR count). The normalized spacial score (nSPS) is 12.5. The van der Waals surface area contributed by atoms with Crippen molar-refractivity contribution in [1.29, 1.82) is 0 Å². The number of nitrogens with zero attached hydrogens (tertiary/aromatic N) is 3. The molecular formula is C26H21N5. The lowest BCUT2D eigenvalue weighted by atomic mass is 10.0. The zero-order valence-electron chi connectivity index (χ0n) is 17.1. The Morgan fingerprint density at radius 2 is 1.84 bits per heavy atom. The molecule has 4 aromatic heterocycles. The molecule has 0 spiro atoms. The molecule has 0 bridgehead atoms. The van der Waals surface area contributed by atoms with E-state index >= 15 is 0 Å². The highest BCUT2D eigenvalue weighted by Gasteiger charge is 2.12. The van der Waals surface area contributed by atoms with Gasteiger partial charge in [-0.25, -0.2) is 0 Å². The Bertz CT molecular complexity index is 1490. The monoisotopic (exact) mass is 403 g/mol. The first kappa shape index (κ1) is 18.8. The molecule has 0 aliphatic carbocycles. The van der Waals surface area contributed by atoms with Crippen LogP contribution >= 0.6 is 0 Å². The third-order valence-corrected chi connectivity index (χ3v) is 5.36. The highest BCUT2D eigenvalue weighted by Crippen LogP contribution is 2.30. The van der Waals surface area contributed by atoms with Crippen LogP contribution < -0.4 is 10.6 Å². The Kier molecular flexibility index (Phi) is 4.77. The van der Waals surface area contributed by atoms with Crippen LogP contribution in [0.2, 0.25) is 0 Å². The summed E-state index contributed by atoms with van der Waals surface area (Å²) in [5.74, 6) is 0. The molecule has 2 N–H and O–H groups in total.